The summed E-state index contributed by atoms with van der Waals surface area (Å²) in [4.78, 5) is 16.0. The van der Waals surface area contributed by atoms with Gasteiger partial charge >= 0.3 is 0 Å². The van der Waals surface area contributed by atoms with E-state index in [1.54, 1.807) is 13.8 Å². The highest BCUT2D eigenvalue weighted by Gasteiger charge is 2.36. The number of thioether (sulfide) groups is 1. The average Bonchev–Trinajstić information content (AvgIpc) is 2.99. The number of carbonyl (C=O) groups excluding carboxylic acids is 1. The van der Waals surface area contributed by atoms with E-state index < -0.39 is 16.1 Å². The van der Waals surface area contributed by atoms with Crippen LogP contribution in [0.25, 0.3) is 0 Å². The first kappa shape index (κ1) is 25.5. The minimum atomic E-state index is -3.92. The summed E-state index contributed by atoms with van der Waals surface area (Å²) in [7, 11) is -3.92. The summed E-state index contributed by atoms with van der Waals surface area (Å²) in [6.07, 6.45) is 1.63. The molecule has 1 aliphatic heterocycles. The normalized spacial score (nSPS) is 16.5. The molecule has 1 aliphatic rings. The van der Waals surface area contributed by atoms with Crippen LogP contribution in [0, 0.1) is 20.8 Å². The van der Waals surface area contributed by atoms with Crippen LogP contribution >= 0.6 is 11.8 Å². The first-order valence-electron chi connectivity index (χ1n) is 10.4. The summed E-state index contributed by atoms with van der Waals surface area (Å²) in [6, 6.07) is -0.552. The second kappa shape index (κ2) is 9.79. The molecule has 0 unspecified atom stereocenters. The van der Waals surface area contributed by atoms with Crippen molar-refractivity contribution in [2.75, 3.05) is 12.3 Å². The number of guanidine groups is 1. The number of fused-ring (bicyclic) bond motifs is 1. The molecule has 1 heterocycles. The maximum atomic E-state index is 13.1. The van der Waals surface area contributed by atoms with E-state index in [0.717, 1.165) is 16.9 Å². The first-order valence-corrected chi connectivity index (χ1v) is 12.8. The van der Waals surface area contributed by atoms with Crippen LogP contribution in [0.5, 0.6) is 5.75 Å². The lowest BCUT2D eigenvalue weighted by molar-refractivity contribution is -0.112. The van der Waals surface area contributed by atoms with Crippen molar-refractivity contribution in [3.63, 3.8) is 0 Å². The molecular weight excluding hydrogens is 436 g/mol. The number of hydrogen-bond acceptors (Lipinski definition) is 7. The lowest BCUT2D eigenvalue weighted by Crippen LogP contribution is -2.37. The highest BCUT2D eigenvalue weighted by molar-refractivity contribution is 8.13. The van der Waals surface area contributed by atoms with Crippen LogP contribution in [0.3, 0.4) is 0 Å². The summed E-state index contributed by atoms with van der Waals surface area (Å²) < 4.78 is 34.7. The van der Waals surface area contributed by atoms with Crippen molar-refractivity contribution >= 4 is 32.9 Å². The summed E-state index contributed by atoms with van der Waals surface area (Å²) in [6.45, 7) is 11.6. The van der Waals surface area contributed by atoms with Crippen LogP contribution in [0.15, 0.2) is 9.89 Å². The van der Waals surface area contributed by atoms with E-state index in [4.69, 9.17) is 16.2 Å². The van der Waals surface area contributed by atoms with Crippen LogP contribution in [0.4, 0.5) is 0 Å². The third-order valence-electron chi connectivity index (χ3n) is 5.34. The predicted octanol–water partition coefficient (Wildman–Crippen LogP) is 2.31. The Morgan fingerprint density at radius 2 is 1.90 bits per heavy atom. The minimum Gasteiger partial charge on any atom is -0.487 e. The van der Waals surface area contributed by atoms with Crippen LogP contribution in [-0.2, 0) is 21.2 Å². The van der Waals surface area contributed by atoms with Crippen LogP contribution in [0.1, 0.15) is 55.9 Å². The van der Waals surface area contributed by atoms with Crippen LogP contribution in [0.2, 0.25) is 0 Å². The monoisotopic (exact) mass is 470 g/mol. The van der Waals surface area contributed by atoms with E-state index in [1.807, 2.05) is 27.7 Å². The Balaban J connectivity index is 2.14. The zero-order chi connectivity index (χ0) is 23.6. The predicted molar refractivity (Wildman–Crippen MR) is 126 cm³/mol. The van der Waals surface area contributed by atoms with Gasteiger partial charge in [-0.15, -0.1) is 0 Å². The van der Waals surface area contributed by atoms with Gasteiger partial charge in [0.1, 0.15) is 11.4 Å². The summed E-state index contributed by atoms with van der Waals surface area (Å²) >= 11 is 1.20. The fraction of sp³-hybridized carbons (Fsp3) is 0.619. The molecule has 1 atom stereocenters. The van der Waals surface area contributed by atoms with Crippen molar-refractivity contribution in [1.29, 1.82) is 0 Å². The van der Waals surface area contributed by atoms with E-state index in [9.17, 15) is 13.2 Å². The second-order valence-electron chi connectivity index (χ2n) is 8.42. The van der Waals surface area contributed by atoms with Gasteiger partial charge in [0.15, 0.2) is 0 Å². The number of carbonyl (C=O) groups is 1. The molecule has 0 saturated carbocycles. The van der Waals surface area contributed by atoms with E-state index in [1.165, 1.54) is 11.8 Å². The Kier molecular flexibility index (Phi) is 8.04. The maximum absolute atomic E-state index is 13.1. The fourth-order valence-corrected chi connectivity index (χ4v) is 5.89. The Hall–Kier alpha value is -1.78. The topological polar surface area (TPSA) is 137 Å². The molecule has 174 valence electrons. The third-order valence-corrected chi connectivity index (χ3v) is 7.85. The highest BCUT2D eigenvalue weighted by atomic mass is 32.2. The van der Waals surface area contributed by atoms with E-state index >= 15 is 0 Å². The number of nitrogens with zero attached hydrogens (tertiary/aromatic N) is 1. The number of nitrogens with one attached hydrogen (secondary N) is 1. The molecule has 0 spiro atoms. The number of aliphatic imine (C=N–C) groups is 1. The lowest BCUT2D eigenvalue weighted by Gasteiger charge is -2.19. The van der Waals surface area contributed by atoms with Gasteiger partial charge in [-0.05, 0) is 69.9 Å². The first-order chi connectivity index (χ1) is 14.3. The molecule has 1 aromatic carbocycles. The Bertz CT molecular complexity index is 988. The molecule has 8 nitrogen and oxygen atoms in total. The van der Waals surface area contributed by atoms with Crippen molar-refractivity contribution in [3.8, 4) is 5.75 Å². The smallest absolute Gasteiger partial charge is 0.264 e. The van der Waals surface area contributed by atoms with Gasteiger partial charge in [-0.2, -0.15) is 0 Å². The van der Waals surface area contributed by atoms with Gasteiger partial charge in [-0.1, -0.05) is 18.7 Å². The quantitative estimate of drug-likeness (QED) is 0.301. The molecule has 0 saturated heterocycles. The number of benzene rings is 1. The zero-order valence-corrected chi connectivity index (χ0v) is 20.8. The Morgan fingerprint density at radius 3 is 2.52 bits per heavy atom. The standard InChI is InChI=1S/C21H34N4O4S2/c1-7-30-19(26)16(22)9-8-10-24-20(23)25-31(27,28)18-13(3)12(2)17-15(14(18)4)11-21(5,6)29-17/h16H,7-11,22H2,1-6H3,(H3,23,24,25)/t16-/m0/s1. The molecule has 31 heavy (non-hydrogen) atoms. The summed E-state index contributed by atoms with van der Waals surface area (Å²) in [5.41, 5.74) is 14.3. The van der Waals surface area contributed by atoms with Gasteiger partial charge in [0, 0.05) is 18.5 Å². The number of nitrogens with two attached hydrogens (primary N) is 2. The van der Waals surface area contributed by atoms with Crippen molar-refractivity contribution in [3.05, 3.63) is 22.3 Å². The molecule has 0 fully saturated rings. The van der Waals surface area contributed by atoms with Crippen molar-refractivity contribution in [1.82, 2.24) is 4.72 Å². The number of sulfonamides is 1. The van der Waals surface area contributed by atoms with Gasteiger partial charge in [0.2, 0.25) is 11.1 Å². The van der Waals surface area contributed by atoms with Crippen molar-refractivity contribution in [2.45, 2.75) is 77.3 Å². The van der Waals surface area contributed by atoms with Crippen LogP contribution in [-0.4, -0.2) is 43.4 Å². The fourth-order valence-electron chi connectivity index (χ4n) is 3.75. The third kappa shape index (κ3) is 5.93. The van der Waals surface area contributed by atoms with E-state index in [-0.39, 0.29) is 28.1 Å². The molecule has 2 rings (SSSR count). The van der Waals surface area contributed by atoms with Crippen molar-refractivity contribution < 1.29 is 17.9 Å². The number of rotatable bonds is 8. The van der Waals surface area contributed by atoms with Gasteiger partial charge in [0.05, 0.1) is 10.9 Å². The van der Waals surface area contributed by atoms with E-state index in [2.05, 4.69) is 9.71 Å². The number of hydrogen-bond donors (Lipinski definition) is 3. The molecule has 0 bridgehead atoms. The molecule has 0 aromatic heterocycles. The number of ether oxygens (including phenoxy) is 1. The molecule has 5 N–H and O–H groups in total. The minimum absolute atomic E-state index is 0.0507. The molecule has 0 radical (unpaired) electrons. The largest absolute Gasteiger partial charge is 0.487 e. The Labute approximate surface area is 189 Å². The Morgan fingerprint density at radius 1 is 1.26 bits per heavy atom. The molecular formula is C21H34N4O4S2. The van der Waals surface area contributed by atoms with Crippen LogP contribution < -0.4 is 20.9 Å². The second-order valence-corrected chi connectivity index (χ2v) is 11.3. The SMILES string of the molecule is CCSC(=O)[C@@H](N)CCCN=C(N)NS(=O)(=O)c1c(C)c(C)c2c(c1C)CC(C)(C)O2. The summed E-state index contributed by atoms with van der Waals surface area (Å²) in [5.74, 6) is 1.27. The molecule has 0 amide bonds. The maximum Gasteiger partial charge on any atom is 0.264 e. The van der Waals surface area contributed by atoms with Gasteiger partial charge in [-0.3, -0.25) is 9.79 Å². The van der Waals surface area contributed by atoms with Gasteiger partial charge in [-0.25, -0.2) is 13.1 Å². The molecule has 0 aliphatic carbocycles. The van der Waals surface area contributed by atoms with Gasteiger partial charge < -0.3 is 16.2 Å². The van der Waals surface area contributed by atoms with Gasteiger partial charge in [0.25, 0.3) is 10.0 Å². The highest BCUT2D eigenvalue weighted by Crippen LogP contribution is 2.43. The molecule has 10 heteroatoms. The zero-order valence-electron chi connectivity index (χ0n) is 19.2. The van der Waals surface area contributed by atoms with Crippen molar-refractivity contribution in [2.24, 2.45) is 16.5 Å². The lowest BCUT2D eigenvalue weighted by atomic mass is 9.94. The molecule has 1 aromatic rings. The summed E-state index contributed by atoms with van der Waals surface area (Å²) in [5, 5.41) is -0.0507. The average molecular weight is 471 g/mol. The van der Waals surface area contributed by atoms with E-state index in [0.29, 0.717) is 36.1 Å².